The molecular formula is C23H13Cl2N5O6S. The Bertz CT molecular complexity index is 1570. The summed E-state index contributed by atoms with van der Waals surface area (Å²) in [7, 11) is 0. The van der Waals surface area contributed by atoms with Gasteiger partial charge in [-0.15, -0.1) is 11.3 Å². The number of nitrogens with zero attached hydrogens (tertiary/aromatic N) is 3. The second-order valence-electron chi connectivity index (χ2n) is 7.37. The van der Waals surface area contributed by atoms with Gasteiger partial charge in [-0.05, 0) is 36.4 Å². The number of nitro groups is 2. The number of anilines is 2. The molecule has 1 heterocycles. The monoisotopic (exact) mass is 557 g/mol. The molecule has 3 aromatic carbocycles. The predicted octanol–water partition coefficient (Wildman–Crippen LogP) is 6.44. The van der Waals surface area contributed by atoms with Crippen molar-refractivity contribution in [1.29, 1.82) is 0 Å². The van der Waals surface area contributed by atoms with Crippen molar-refractivity contribution in [3.63, 3.8) is 0 Å². The highest BCUT2D eigenvalue weighted by Gasteiger charge is 2.24. The number of hydrogen-bond acceptors (Lipinski definition) is 8. The summed E-state index contributed by atoms with van der Waals surface area (Å²) in [6.45, 7) is 0. The van der Waals surface area contributed by atoms with Gasteiger partial charge in [-0.1, -0.05) is 35.3 Å². The molecule has 4 aromatic rings. The van der Waals surface area contributed by atoms with E-state index < -0.39 is 33.0 Å². The summed E-state index contributed by atoms with van der Waals surface area (Å²) in [5.41, 5.74) is 0.103. The minimum atomic E-state index is -0.860. The molecule has 0 spiro atoms. The maximum absolute atomic E-state index is 12.7. The minimum absolute atomic E-state index is 0.193. The normalized spacial score (nSPS) is 10.5. The molecule has 1 aromatic heterocycles. The molecule has 0 aliphatic rings. The number of nitrogens with one attached hydrogen (secondary N) is 2. The number of hydrogen-bond donors (Lipinski definition) is 2. The molecule has 186 valence electrons. The SMILES string of the molecule is O=C(Nc1nc(-c2cccc(NC(=O)c3ccc([N+](=O)[O-])cc3[N+](=O)[O-])c2)cs1)c1ccc(Cl)cc1Cl. The van der Waals surface area contributed by atoms with Crippen molar-refractivity contribution in [2.75, 3.05) is 10.6 Å². The molecule has 0 radical (unpaired) electrons. The minimum Gasteiger partial charge on any atom is -0.322 e. The summed E-state index contributed by atoms with van der Waals surface area (Å²) in [5, 5.41) is 30.1. The summed E-state index contributed by atoms with van der Waals surface area (Å²) >= 11 is 13.1. The van der Waals surface area contributed by atoms with Crippen LogP contribution in [-0.4, -0.2) is 26.6 Å². The molecule has 0 fully saturated rings. The molecule has 0 unspecified atom stereocenters. The topological polar surface area (TPSA) is 157 Å². The quantitative estimate of drug-likeness (QED) is 0.195. The third-order valence-corrected chi connectivity index (χ3v) is 6.26. The van der Waals surface area contributed by atoms with Gasteiger partial charge >= 0.3 is 0 Å². The lowest BCUT2D eigenvalue weighted by Gasteiger charge is -2.07. The fraction of sp³-hybridized carbons (Fsp3) is 0. The van der Waals surface area contributed by atoms with Crippen LogP contribution >= 0.6 is 34.5 Å². The van der Waals surface area contributed by atoms with Crippen LogP contribution in [0.3, 0.4) is 0 Å². The first-order valence-corrected chi connectivity index (χ1v) is 11.8. The highest BCUT2D eigenvalue weighted by Crippen LogP contribution is 2.29. The lowest BCUT2D eigenvalue weighted by Crippen LogP contribution is -2.14. The fourth-order valence-electron chi connectivity index (χ4n) is 3.23. The number of aromatic nitrogens is 1. The Labute approximate surface area is 222 Å². The third kappa shape index (κ3) is 5.89. The zero-order valence-corrected chi connectivity index (χ0v) is 20.6. The van der Waals surface area contributed by atoms with E-state index >= 15 is 0 Å². The van der Waals surface area contributed by atoms with Gasteiger partial charge in [0.25, 0.3) is 23.2 Å². The number of rotatable bonds is 7. The van der Waals surface area contributed by atoms with Crippen LogP contribution < -0.4 is 10.6 Å². The Hall–Kier alpha value is -4.39. The van der Waals surface area contributed by atoms with Gasteiger partial charge in [0, 0.05) is 27.7 Å². The maximum atomic E-state index is 12.7. The van der Waals surface area contributed by atoms with Crippen molar-refractivity contribution in [3.05, 3.63) is 107 Å². The standard InChI is InChI=1S/C23H13Cl2N5O6S/c24-13-4-6-16(18(25)9-13)21(31)28-23-27-19(11-37-23)12-2-1-3-14(8-12)26-22(32)17-7-5-15(29(33)34)10-20(17)30(35)36/h1-11H,(H,26,32)(H,27,28,31). The van der Waals surface area contributed by atoms with Crippen LogP contribution in [0.1, 0.15) is 20.7 Å². The highest BCUT2D eigenvalue weighted by atomic mass is 35.5. The zero-order valence-electron chi connectivity index (χ0n) is 18.3. The van der Waals surface area contributed by atoms with Crippen molar-refractivity contribution in [2.24, 2.45) is 0 Å². The average molecular weight is 558 g/mol. The second-order valence-corrected chi connectivity index (χ2v) is 9.07. The summed E-state index contributed by atoms with van der Waals surface area (Å²) in [5.74, 6) is -1.28. The maximum Gasteiger partial charge on any atom is 0.289 e. The first kappa shape index (κ1) is 25.7. The molecule has 0 atom stereocenters. The molecule has 0 aliphatic carbocycles. The van der Waals surface area contributed by atoms with Crippen LogP contribution in [0.15, 0.2) is 66.0 Å². The van der Waals surface area contributed by atoms with Crippen molar-refractivity contribution >= 4 is 68.5 Å². The van der Waals surface area contributed by atoms with Crippen LogP contribution in [0.25, 0.3) is 11.3 Å². The van der Waals surface area contributed by atoms with E-state index in [0.717, 1.165) is 18.2 Å². The van der Waals surface area contributed by atoms with Crippen LogP contribution in [0.4, 0.5) is 22.2 Å². The molecule has 14 heteroatoms. The first-order valence-electron chi connectivity index (χ1n) is 10.2. The van der Waals surface area contributed by atoms with E-state index in [2.05, 4.69) is 15.6 Å². The molecule has 2 amide bonds. The van der Waals surface area contributed by atoms with Crippen LogP contribution in [-0.2, 0) is 0 Å². The van der Waals surface area contributed by atoms with Crippen molar-refractivity contribution in [1.82, 2.24) is 4.98 Å². The lowest BCUT2D eigenvalue weighted by molar-refractivity contribution is -0.394. The Morgan fingerprint density at radius 3 is 2.30 bits per heavy atom. The fourth-order valence-corrected chi connectivity index (χ4v) is 4.44. The van der Waals surface area contributed by atoms with Crippen molar-refractivity contribution in [3.8, 4) is 11.3 Å². The van der Waals surface area contributed by atoms with Crippen LogP contribution in [0.2, 0.25) is 10.0 Å². The second kappa shape index (κ2) is 10.7. The van der Waals surface area contributed by atoms with Crippen molar-refractivity contribution in [2.45, 2.75) is 0 Å². The van der Waals surface area contributed by atoms with E-state index in [1.165, 1.54) is 23.5 Å². The Morgan fingerprint density at radius 1 is 0.865 bits per heavy atom. The largest absolute Gasteiger partial charge is 0.322 e. The van der Waals surface area contributed by atoms with E-state index in [1.807, 2.05) is 0 Å². The molecule has 0 saturated carbocycles. The molecule has 11 nitrogen and oxygen atoms in total. The van der Waals surface area contributed by atoms with E-state index in [1.54, 1.807) is 35.7 Å². The average Bonchev–Trinajstić information content (AvgIpc) is 3.32. The van der Waals surface area contributed by atoms with Gasteiger partial charge in [0.15, 0.2) is 5.13 Å². The molecule has 4 rings (SSSR count). The van der Waals surface area contributed by atoms with Gasteiger partial charge in [0.1, 0.15) is 5.56 Å². The summed E-state index contributed by atoms with van der Waals surface area (Å²) in [6, 6.07) is 13.8. The van der Waals surface area contributed by atoms with Gasteiger partial charge in [-0.25, -0.2) is 4.98 Å². The number of halogens is 2. The number of benzene rings is 3. The van der Waals surface area contributed by atoms with Gasteiger partial charge in [-0.3, -0.25) is 35.1 Å². The lowest BCUT2D eigenvalue weighted by atomic mass is 10.1. The number of carbonyl (C=O) groups is 2. The van der Waals surface area contributed by atoms with E-state index in [4.69, 9.17) is 23.2 Å². The Kier molecular flexibility index (Phi) is 7.43. The van der Waals surface area contributed by atoms with Crippen LogP contribution in [0.5, 0.6) is 0 Å². The van der Waals surface area contributed by atoms with Crippen molar-refractivity contribution < 1.29 is 19.4 Å². The van der Waals surface area contributed by atoms with Gasteiger partial charge in [0.2, 0.25) is 0 Å². The number of nitro benzene ring substituents is 2. The molecule has 0 aliphatic heterocycles. The van der Waals surface area contributed by atoms with E-state index in [9.17, 15) is 29.8 Å². The Balaban J connectivity index is 1.51. The molecule has 37 heavy (non-hydrogen) atoms. The van der Waals surface area contributed by atoms with Gasteiger partial charge in [-0.2, -0.15) is 0 Å². The molecular weight excluding hydrogens is 545 g/mol. The highest BCUT2D eigenvalue weighted by molar-refractivity contribution is 7.14. The number of carbonyl (C=O) groups excluding carboxylic acids is 2. The smallest absolute Gasteiger partial charge is 0.289 e. The van der Waals surface area contributed by atoms with Gasteiger partial charge in [0.05, 0.1) is 32.2 Å². The summed E-state index contributed by atoms with van der Waals surface area (Å²) < 4.78 is 0. The van der Waals surface area contributed by atoms with Crippen LogP contribution in [0, 0.1) is 20.2 Å². The predicted molar refractivity (Wildman–Crippen MR) is 140 cm³/mol. The first-order chi connectivity index (χ1) is 17.6. The number of amides is 2. The molecule has 0 saturated heterocycles. The summed E-state index contributed by atoms with van der Waals surface area (Å²) in [6.07, 6.45) is 0. The molecule has 0 bridgehead atoms. The van der Waals surface area contributed by atoms with E-state index in [0.29, 0.717) is 27.1 Å². The third-order valence-electron chi connectivity index (χ3n) is 4.95. The molecule has 2 N–H and O–H groups in total. The van der Waals surface area contributed by atoms with Gasteiger partial charge < -0.3 is 5.32 Å². The number of thiazole rings is 1. The number of non-ortho nitro benzene ring substituents is 1. The zero-order chi connectivity index (χ0) is 26.7. The van der Waals surface area contributed by atoms with E-state index in [-0.39, 0.29) is 16.1 Å². The Morgan fingerprint density at radius 2 is 1.59 bits per heavy atom. The summed E-state index contributed by atoms with van der Waals surface area (Å²) in [4.78, 5) is 50.3.